The number of esters is 1. The van der Waals surface area contributed by atoms with E-state index in [9.17, 15) is 4.79 Å². The standard InChI is InChI=1S/C18H18O5/c1-20-14-9-10-15(21-2)13(12-14)8-11-18(19)23-17-7-5-4-6-16(17)22-3/h4-12H,1-3H3/b11-8+. The largest absolute Gasteiger partial charge is 0.497 e. The summed E-state index contributed by atoms with van der Waals surface area (Å²) >= 11 is 0. The van der Waals surface area contributed by atoms with Crippen molar-refractivity contribution in [1.82, 2.24) is 0 Å². The molecule has 23 heavy (non-hydrogen) atoms. The summed E-state index contributed by atoms with van der Waals surface area (Å²) < 4.78 is 20.8. The van der Waals surface area contributed by atoms with E-state index in [1.54, 1.807) is 62.8 Å². The van der Waals surface area contributed by atoms with E-state index in [0.717, 1.165) is 0 Å². The molecule has 0 fully saturated rings. The minimum Gasteiger partial charge on any atom is -0.497 e. The summed E-state index contributed by atoms with van der Waals surface area (Å²) in [6.45, 7) is 0. The number of carbonyl (C=O) groups is 1. The summed E-state index contributed by atoms with van der Waals surface area (Å²) in [6, 6.07) is 12.3. The van der Waals surface area contributed by atoms with E-state index in [0.29, 0.717) is 28.6 Å². The highest BCUT2D eigenvalue weighted by Gasteiger charge is 2.07. The first kappa shape index (κ1) is 16.4. The van der Waals surface area contributed by atoms with Crippen molar-refractivity contribution < 1.29 is 23.7 Å². The molecule has 0 saturated heterocycles. The van der Waals surface area contributed by atoms with Crippen LogP contribution in [-0.4, -0.2) is 27.3 Å². The second kappa shape index (κ2) is 7.89. The molecule has 2 aromatic carbocycles. The zero-order chi connectivity index (χ0) is 16.7. The van der Waals surface area contributed by atoms with Gasteiger partial charge in [0.15, 0.2) is 11.5 Å². The second-order valence-electron chi connectivity index (χ2n) is 4.51. The minimum atomic E-state index is -0.514. The summed E-state index contributed by atoms with van der Waals surface area (Å²) in [5.74, 6) is 1.64. The lowest BCUT2D eigenvalue weighted by molar-refractivity contribution is -0.129. The molecule has 0 atom stereocenters. The SMILES string of the molecule is COc1ccc(OC)c(/C=C/C(=O)Oc2ccccc2OC)c1. The molecular formula is C18H18O5. The van der Waals surface area contributed by atoms with E-state index in [2.05, 4.69) is 0 Å². The molecule has 0 aliphatic heterocycles. The maximum Gasteiger partial charge on any atom is 0.336 e. The van der Waals surface area contributed by atoms with Gasteiger partial charge in [-0.2, -0.15) is 0 Å². The highest BCUT2D eigenvalue weighted by molar-refractivity contribution is 5.89. The predicted molar refractivity (Wildman–Crippen MR) is 87.2 cm³/mol. The van der Waals surface area contributed by atoms with Crippen LogP contribution in [0.1, 0.15) is 5.56 Å². The van der Waals surface area contributed by atoms with Gasteiger partial charge in [-0.15, -0.1) is 0 Å². The highest BCUT2D eigenvalue weighted by Crippen LogP contribution is 2.27. The average molecular weight is 314 g/mol. The Labute approximate surface area is 135 Å². The zero-order valence-corrected chi connectivity index (χ0v) is 13.2. The van der Waals surface area contributed by atoms with Crippen LogP contribution in [0, 0.1) is 0 Å². The fourth-order valence-corrected chi connectivity index (χ4v) is 1.97. The molecule has 0 spiro atoms. The first-order valence-corrected chi connectivity index (χ1v) is 6.93. The van der Waals surface area contributed by atoms with Gasteiger partial charge in [-0.05, 0) is 36.4 Å². The van der Waals surface area contributed by atoms with Crippen molar-refractivity contribution in [1.29, 1.82) is 0 Å². The maximum absolute atomic E-state index is 12.0. The van der Waals surface area contributed by atoms with Crippen LogP contribution < -0.4 is 18.9 Å². The normalized spacial score (nSPS) is 10.4. The number of hydrogen-bond donors (Lipinski definition) is 0. The van der Waals surface area contributed by atoms with Gasteiger partial charge in [0.25, 0.3) is 0 Å². The Morgan fingerprint density at radius 1 is 0.870 bits per heavy atom. The quantitative estimate of drug-likeness (QED) is 0.465. The lowest BCUT2D eigenvalue weighted by Crippen LogP contribution is -2.04. The monoisotopic (exact) mass is 314 g/mol. The minimum absolute atomic E-state index is 0.363. The fraction of sp³-hybridized carbons (Fsp3) is 0.167. The van der Waals surface area contributed by atoms with Crippen LogP contribution >= 0.6 is 0 Å². The van der Waals surface area contributed by atoms with Gasteiger partial charge in [0.2, 0.25) is 0 Å². The number of para-hydroxylation sites is 2. The Morgan fingerprint density at radius 3 is 2.22 bits per heavy atom. The molecule has 0 aliphatic rings. The highest BCUT2D eigenvalue weighted by atomic mass is 16.6. The molecule has 0 bridgehead atoms. The molecule has 120 valence electrons. The van der Waals surface area contributed by atoms with Gasteiger partial charge in [0.1, 0.15) is 11.5 Å². The fourth-order valence-electron chi connectivity index (χ4n) is 1.97. The Kier molecular flexibility index (Phi) is 5.63. The topological polar surface area (TPSA) is 54.0 Å². The van der Waals surface area contributed by atoms with Crippen molar-refractivity contribution in [2.45, 2.75) is 0 Å². The Balaban J connectivity index is 2.15. The Hall–Kier alpha value is -2.95. The molecular weight excluding hydrogens is 296 g/mol. The van der Waals surface area contributed by atoms with Gasteiger partial charge in [0.05, 0.1) is 21.3 Å². The van der Waals surface area contributed by atoms with Crippen LogP contribution in [0.3, 0.4) is 0 Å². The summed E-state index contributed by atoms with van der Waals surface area (Å²) in [7, 11) is 4.65. The molecule has 0 heterocycles. The van der Waals surface area contributed by atoms with Gasteiger partial charge in [-0.1, -0.05) is 12.1 Å². The van der Waals surface area contributed by atoms with Crippen molar-refractivity contribution in [2.24, 2.45) is 0 Å². The van der Waals surface area contributed by atoms with E-state index in [1.807, 2.05) is 0 Å². The van der Waals surface area contributed by atoms with Gasteiger partial charge in [-0.3, -0.25) is 0 Å². The number of methoxy groups -OCH3 is 3. The average Bonchev–Trinajstić information content (AvgIpc) is 2.60. The molecule has 0 amide bonds. The maximum atomic E-state index is 12.0. The van der Waals surface area contributed by atoms with Crippen molar-refractivity contribution in [3.05, 3.63) is 54.1 Å². The zero-order valence-electron chi connectivity index (χ0n) is 13.2. The summed E-state index contributed by atoms with van der Waals surface area (Å²) in [5, 5.41) is 0. The summed E-state index contributed by atoms with van der Waals surface area (Å²) in [5.41, 5.74) is 0.712. The van der Waals surface area contributed by atoms with Crippen LogP contribution in [0.4, 0.5) is 0 Å². The molecule has 2 aromatic rings. The van der Waals surface area contributed by atoms with E-state index >= 15 is 0 Å². The van der Waals surface area contributed by atoms with Crippen molar-refractivity contribution in [2.75, 3.05) is 21.3 Å². The van der Waals surface area contributed by atoms with Gasteiger partial charge in [0, 0.05) is 11.6 Å². The van der Waals surface area contributed by atoms with Crippen LogP contribution in [0.15, 0.2) is 48.5 Å². The third-order valence-corrected chi connectivity index (χ3v) is 3.12. The van der Waals surface area contributed by atoms with E-state index in [-0.39, 0.29) is 0 Å². The Bertz CT molecular complexity index is 706. The third-order valence-electron chi connectivity index (χ3n) is 3.12. The summed E-state index contributed by atoms with van der Waals surface area (Å²) in [6.07, 6.45) is 2.93. The second-order valence-corrected chi connectivity index (χ2v) is 4.51. The van der Waals surface area contributed by atoms with E-state index in [4.69, 9.17) is 18.9 Å². The molecule has 0 unspecified atom stereocenters. The van der Waals surface area contributed by atoms with Gasteiger partial charge >= 0.3 is 5.97 Å². The molecule has 0 radical (unpaired) electrons. The van der Waals surface area contributed by atoms with Crippen LogP contribution in [0.25, 0.3) is 6.08 Å². The van der Waals surface area contributed by atoms with Crippen LogP contribution in [-0.2, 0) is 4.79 Å². The molecule has 0 N–H and O–H groups in total. The van der Waals surface area contributed by atoms with Crippen LogP contribution in [0.2, 0.25) is 0 Å². The summed E-state index contributed by atoms with van der Waals surface area (Å²) in [4.78, 5) is 12.0. The van der Waals surface area contributed by atoms with Crippen LogP contribution in [0.5, 0.6) is 23.0 Å². The molecule has 5 heteroatoms. The predicted octanol–water partition coefficient (Wildman–Crippen LogP) is 3.33. The van der Waals surface area contributed by atoms with Gasteiger partial charge in [-0.25, -0.2) is 4.79 Å². The smallest absolute Gasteiger partial charge is 0.336 e. The number of hydrogen-bond acceptors (Lipinski definition) is 5. The lowest BCUT2D eigenvalue weighted by atomic mass is 10.1. The number of ether oxygens (including phenoxy) is 4. The van der Waals surface area contributed by atoms with E-state index in [1.165, 1.54) is 13.2 Å². The molecule has 5 nitrogen and oxygen atoms in total. The number of benzene rings is 2. The molecule has 0 saturated carbocycles. The lowest BCUT2D eigenvalue weighted by Gasteiger charge is -2.08. The van der Waals surface area contributed by atoms with Gasteiger partial charge < -0.3 is 18.9 Å². The third kappa shape index (κ3) is 4.26. The molecule has 0 aliphatic carbocycles. The Morgan fingerprint density at radius 2 is 1.57 bits per heavy atom. The van der Waals surface area contributed by atoms with E-state index < -0.39 is 5.97 Å². The first-order chi connectivity index (χ1) is 11.2. The van der Waals surface area contributed by atoms with Crippen molar-refractivity contribution in [3.8, 4) is 23.0 Å². The van der Waals surface area contributed by atoms with Crippen molar-refractivity contribution in [3.63, 3.8) is 0 Å². The molecule has 2 rings (SSSR count). The number of rotatable bonds is 6. The molecule has 0 aromatic heterocycles. The van der Waals surface area contributed by atoms with Crippen molar-refractivity contribution >= 4 is 12.0 Å². The first-order valence-electron chi connectivity index (χ1n) is 6.93. The number of carbonyl (C=O) groups excluding carboxylic acids is 1.